The molecule has 105 valence electrons. The summed E-state index contributed by atoms with van der Waals surface area (Å²) in [6.45, 7) is 0. The highest BCUT2D eigenvalue weighted by Crippen LogP contribution is 2.26. The van der Waals surface area contributed by atoms with Gasteiger partial charge >= 0.3 is 23.5 Å². The summed E-state index contributed by atoms with van der Waals surface area (Å²) in [5.41, 5.74) is 0. The zero-order valence-corrected chi connectivity index (χ0v) is 9.98. The van der Waals surface area contributed by atoms with E-state index in [1.165, 1.54) is 0 Å². The van der Waals surface area contributed by atoms with E-state index in [0.717, 1.165) is 0 Å². The van der Waals surface area contributed by atoms with Crippen LogP contribution in [0.3, 0.4) is 0 Å². The third kappa shape index (κ3) is 30000. The maximum Gasteiger partial charge on any atom is 0.466 e. The van der Waals surface area contributed by atoms with Crippen LogP contribution in [0.15, 0.2) is 0 Å². The predicted molar refractivity (Wildman–Crippen MR) is 48.9 cm³/mol. The van der Waals surface area contributed by atoms with E-state index < -0.39 is 23.5 Å². The van der Waals surface area contributed by atoms with E-state index in [9.17, 15) is 0 Å². The Labute approximate surface area is 89.8 Å². The lowest BCUT2D eigenvalue weighted by molar-refractivity contribution is 0.272. The molecule has 0 aromatic heterocycles. The third-order valence-electron chi connectivity index (χ3n) is 0. The molecule has 0 saturated heterocycles. The molecule has 0 aliphatic rings. The Morgan fingerprint density at radius 2 is 0.500 bits per heavy atom. The van der Waals surface area contributed by atoms with Crippen LogP contribution in [0.4, 0.5) is 0 Å². The molecule has 0 bridgehead atoms. The van der Waals surface area contributed by atoms with Crippen LogP contribution in [0.1, 0.15) is 1.43 Å². The van der Waals surface area contributed by atoms with Crippen molar-refractivity contribution in [2.45, 2.75) is 0 Å². The van der Waals surface area contributed by atoms with Crippen molar-refractivity contribution in [2.24, 2.45) is 0 Å². The molecule has 0 amide bonds. The Morgan fingerprint density at radius 3 is 0.500 bits per heavy atom. The first-order chi connectivity index (χ1) is 6.00. The van der Waals surface area contributed by atoms with E-state index in [1.807, 2.05) is 0 Å². The smallest absolute Gasteiger partial charge is 0.344 e. The largest absolute Gasteiger partial charge is 0.466 e. The lowest BCUT2D eigenvalue weighted by Gasteiger charge is -1.82. The Morgan fingerprint density at radius 1 is 0.500 bits per heavy atom. The highest BCUT2D eigenvalue weighted by molar-refractivity contribution is 7.45. The number of hydrogen-bond acceptors (Lipinski definition) is 4. The van der Waals surface area contributed by atoms with Crippen LogP contribution in [0.25, 0.3) is 0 Å². The summed E-state index contributed by atoms with van der Waals surface area (Å²) in [6.07, 6.45) is 0. The van der Waals surface area contributed by atoms with Crippen LogP contribution in [0, 0.1) is 0 Å². The Balaban J connectivity index is -0.0000000400. The predicted octanol–water partition coefficient (Wildman–Crippen LogP) is -2.51. The molecule has 13 nitrogen and oxygen atoms in total. The van der Waals surface area contributed by atoms with Crippen LogP contribution in [0.5, 0.6) is 0 Å². The number of rotatable bonds is 0. The van der Waals surface area contributed by atoms with Gasteiger partial charge in [-0.1, -0.05) is 0 Å². The minimum atomic E-state index is -4.64. The van der Waals surface area contributed by atoms with Crippen molar-refractivity contribution >= 4 is 23.5 Å². The fourth-order valence-corrected chi connectivity index (χ4v) is 0. The van der Waals surface area contributed by atoms with Gasteiger partial charge in [0.1, 0.15) is 0 Å². The molecule has 0 unspecified atom stereocenters. The molecule has 0 fully saturated rings. The van der Waals surface area contributed by atoms with E-state index >= 15 is 0 Å². The summed E-state index contributed by atoms with van der Waals surface area (Å²) in [6, 6.07) is 0. The molecule has 0 aliphatic heterocycles. The molecule has 0 saturated carbocycles. The Bertz CT molecular complexity index is 208. The second kappa shape index (κ2) is 9.33. The second-order valence-corrected chi connectivity index (χ2v) is 4.62. The van der Waals surface area contributed by atoms with Crippen molar-refractivity contribution in [3.05, 3.63) is 0 Å². The van der Waals surface area contributed by atoms with Crippen molar-refractivity contribution in [3.63, 3.8) is 0 Å². The van der Waals surface area contributed by atoms with Gasteiger partial charge in [0.2, 0.25) is 0 Å². The van der Waals surface area contributed by atoms with Gasteiger partial charge in [0.25, 0.3) is 0 Å². The summed E-state index contributed by atoms with van der Waals surface area (Å²) in [5, 5.41) is 0. The van der Waals surface area contributed by atoms with Crippen molar-refractivity contribution in [1.29, 1.82) is 0 Å². The zero-order chi connectivity index (χ0) is 13.5. The van der Waals surface area contributed by atoms with Crippen LogP contribution < -0.4 is 6.15 Å². The zero-order valence-electron chi connectivity index (χ0n) is 8.30. The van der Waals surface area contributed by atoms with Gasteiger partial charge in [0.15, 0.2) is 0 Å². The molecule has 0 aliphatic carbocycles. The topological polar surface area (TPSA) is 268 Å². The van der Waals surface area contributed by atoms with Crippen LogP contribution in [0.2, 0.25) is 0 Å². The van der Waals surface area contributed by atoms with Gasteiger partial charge in [0.05, 0.1) is 0 Å². The quantitative estimate of drug-likeness (QED) is 0.207. The molecular weight excluding hydrogens is 299 g/mol. The van der Waals surface area contributed by atoms with Crippen molar-refractivity contribution in [3.8, 4) is 0 Å². The van der Waals surface area contributed by atoms with Gasteiger partial charge in [-0.2, -0.15) is 0 Å². The average molecular weight is 312 g/mol. The van der Waals surface area contributed by atoms with E-state index in [1.54, 1.807) is 0 Å². The van der Waals surface area contributed by atoms with Gasteiger partial charge in [-0.25, -0.2) is 13.7 Å². The Kier molecular flexibility index (Phi) is 14.7. The first-order valence-corrected chi connectivity index (χ1v) is 7.04. The van der Waals surface area contributed by atoms with Crippen LogP contribution in [-0.4, -0.2) is 44.0 Å². The number of phosphoric acid groups is 3. The van der Waals surface area contributed by atoms with Gasteiger partial charge in [-0.3, -0.25) is 0 Å². The minimum Gasteiger partial charge on any atom is -0.344 e. The molecule has 16 heteroatoms. The first-order valence-electron chi connectivity index (χ1n) is 2.35. The van der Waals surface area contributed by atoms with E-state index in [-0.39, 0.29) is 7.58 Å². The fraction of sp³-hybridized carbons (Fsp3) is 0. The van der Waals surface area contributed by atoms with Gasteiger partial charge in [-0.05, 0) is 0 Å². The summed E-state index contributed by atoms with van der Waals surface area (Å²) in [4.78, 5) is 64.7. The van der Waals surface area contributed by atoms with Crippen molar-refractivity contribution in [2.75, 3.05) is 0 Å². The molecule has 16 heavy (non-hydrogen) atoms. The maximum atomic E-state index is 8.88. The van der Waals surface area contributed by atoms with Crippen molar-refractivity contribution in [1.82, 2.24) is 6.15 Å². The molecule has 1 radical (unpaired) electrons. The molecule has 12 N–H and O–H groups in total. The van der Waals surface area contributed by atoms with Crippen LogP contribution >= 0.6 is 23.5 Å². The average Bonchev–Trinajstić information content (AvgIpc) is 1.41. The standard InChI is InChI=1S/H3N.3H3O4P.H/c;3*1-5(2,3)4;/h1H3;3*(H3,1,2,3,4);. The van der Waals surface area contributed by atoms with Gasteiger partial charge in [0, 0.05) is 1.43 Å². The Hall–Kier alpha value is 0.290. The summed E-state index contributed by atoms with van der Waals surface area (Å²) in [5.74, 6) is 0. The molecular formula is H13NO12P3. The molecule has 0 aromatic rings. The fourth-order valence-electron chi connectivity index (χ4n) is 0. The lowest BCUT2D eigenvalue weighted by atomic mass is 14.0. The van der Waals surface area contributed by atoms with E-state index in [2.05, 4.69) is 0 Å². The van der Waals surface area contributed by atoms with E-state index in [4.69, 9.17) is 57.7 Å². The normalized spacial score (nSPS) is 11.1. The SMILES string of the molecule is N.O=P(O)(O)O.O=P(O)(O)O.O=P(O)(O)O.[H]. The number of hydrogen-bond donors (Lipinski definition) is 10. The molecule has 0 spiro atoms. The van der Waals surface area contributed by atoms with Gasteiger partial charge in [-0.15, -0.1) is 0 Å². The molecule has 0 aromatic carbocycles. The van der Waals surface area contributed by atoms with Gasteiger partial charge < -0.3 is 50.2 Å². The highest BCUT2D eigenvalue weighted by Gasteiger charge is 2.01. The third-order valence-corrected chi connectivity index (χ3v) is 0. The summed E-state index contributed by atoms with van der Waals surface area (Å²) >= 11 is 0. The first kappa shape index (κ1) is 25.2. The minimum absolute atomic E-state index is 0. The van der Waals surface area contributed by atoms with Crippen molar-refractivity contribution < 1.29 is 59.2 Å². The second-order valence-electron chi connectivity index (χ2n) is 1.54. The molecule has 0 rings (SSSR count). The molecule has 0 heterocycles. The summed E-state index contributed by atoms with van der Waals surface area (Å²) < 4.78 is 26.6. The van der Waals surface area contributed by atoms with E-state index in [0.29, 0.717) is 0 Å². The summed E-state index contributed by atoms with van der Waals surface area (Å²) in [7, 11) is -13.9. The highest BCUT2D eigenvalue weighted by atomic mass is 31.2. The van der Waals surface area contributed by atoms with Crippen LogP contribution in [-0.2, 0) is 13.7 Å². The monoisotopic (exact) mass is 312 g/mol. The maximum absolute atomic E-state index is 8.88. The lowest BCUT2D eigenvalue weighted by Crippen LogP contribution is -1.66. The molecule has 0 atom stereocenters.